The highest BCUT2D eigenvalue weighted by molar-refractivity contribution is 7.98. The minimum absolute atomic E-state index is 0.0557. The molecule has 3 heterocycles. The highest BCUT2D eigenvalue weighted by Crippen LogP contribution is 2.25. The maximum absolute atomic E-state index is 12.3. The molecule has 0 radical (unpaired) electrons. The third-order valence-corrected chi connectivity index (χ3v) is 6.27. The first-order valence-corrected chi connectivity index (χ1v) is 10.9. The highest BCUT2D eigenvalue weighted by atomic mass is 32.2. The van der Waals surface area contributed by atoms with E-state index in [1.165, 1.54) is 23.1 Å². The lowest BCUT2D eigenvalue weighted by atomic mass is 10.1. The SMILES string of the molecule is CSc1nc(C)c(CCC(=O)OCc2nc3sc(C)c(C)c3c(=O)[nH]2)c(C)n1. The smallest absolute Gasteiger partial charge is 0.306 e. The Morgan fingerprint density at radius 1 is 1.14 bits per heavy atom. The van der Waals surface area contributed by atoms with Gasteiger partial charge < -0.3 is 9.72 Å². The van der Waals surface area contributed by atoms with E-state index in [9.17, 15) is 9.59 Å². The number of carbonyl (C=O) groups is 1. The van der Waals surface area contributed by atoms with Gasteiger partial charge in [-0.25, -0.2) is 15.0 Å². The first-order chi connectivity index (χ1) is 13.3. The van der Waals surface area contributed by atoms with Crippen LogP contribution in [0.15, 0.2) is 9.95 Å². The van der Waals surface area contributed by atoms with Gasteiger partial charge in [0.05, 0.1) is 5.39 Å². The molecular formula is C19H22N4O3S2. The highest BCUT2D eigenvalue weighted by Gasteiger charge is 2.14. The van der Waals surface area contributed by atoms with Crippen LogP contribution in [-0.4, -0.2) is 32.2 Å². The Morgan fingerprint density at radius 3 is 2.46 bits per heavy atom. The van der Waals surface area contributed by atoms with Crippen molar-refractivity contribution >= 4 is 39.3 Å². The maximum Gasteiger partial charge on any atom is 0.306 e. The lowest BCUT2D eigenvalue weighted by molar-refractivity contribution is -0.145. The largest absolute Gasteiger partial charge is 0.458 e. The number of carbonyl (C=O) groups excluding carboxylic acids is 1. The van der Waals surface area contributed by atoms with Crippen molar-refractivity contribution < 1.29 is 9.53 Å². The number of nitrogens with zero attached hydrogens (tertiary/aromatic N) is 3. The fourth-order valence-corrected chi connectivity index (χ4v) is 4.48. The third kappa shape index (κ3) is 4.25. The maximum atomic E-state index is 12.3. The summed E-state index contributed by atoms with van der Waals surface area (Å²) in [5.74, 6) is 0.00106. The van der Waals surface area contributed by atoms with Gasteiger partial charge in [0.2, 0.25) is 0 Å². The second-order valence-electron chi connectivity index (χ2n) is 6.50. The van der Waals surface area contributed by atoms with Crippen LogP contribution in [0, 0.1) is 27.7 Å². The van der Waals surface area contributed by atoms with Gasteiger partial charge in [0.25, 0.3) is 5.56 Å². The van der Waals surface area contributed by atoms with Gasteiger partial charge in [-0.1, -0.05) is 11.8 Å². The summed E-state index contributed by atoms with van der Waals surface area (Å²) < 4.78 is 5.30. The molecule has 7 nitrogen and oxygen atoms in total. The van der Waals surface area contributed by atoms with Gasteiger partial charge >= 0.3 is 5.97 Å². The molecule has 0 unspecified atom stereocenters. The van der Waals surface area contributed by atoms with Crippen LogP contribution in [0.25, 0.3) is 10.2 Å². The normalized spacial score (nSPS) is 11.2. The quantitative estimate of drug-likeness (QED) is 0.372. The Kier molecular flexibility index (Phi) is 6.14. The Balaban J connectivity index is 1.64. The van der Waals surface area contributed by atoms with E-state index in [-0.39, 0.29) is 24.6 Å². The molecule has 3 aromatic heterocycles. The number of esters is 1. The van der Waals surface area contributed by atoms with Crippen molar-refractivity contribution in [2.24, 2.45) is 0 Å². The number of hydrogen-bond acceptors (Lipinski definition) is 8. The van der Waals surface area contributed by atoms with Crippen molar-refractivity contribution in [3.05, 3.63) is 43.6 Å². The molecule has 0 aliphatic rings. The fraction of sp³-hybridized carbons (Fsp3) is 0.421. The number of aryl methyl sites for hydroxylation is 4. The fourth-order valence-electron chi connectivity index (χ4n) is 2.98. The zero-order chi connectivity index (χ0) is 20.4. The van der Waals surface area contributed by atoms with Gasteiger partial charge in [0.15, 0.2) is 5.16 Å². The molecule has 0 aromatic carbocycles. The zero-order valence-corrected chi connectivity index (χ0v) is 18.1. The van der Waals surface area contributed by atoms with Crippen LogP contribution in [0.1, 0.15) is 39.6 Å². The van der Waals surface area contributed by atoms with E-state index < -0.39 is 0 Å². The van der Waals surface area contributed by atoms with E-state index >= 15 is 0 Å². The van der Waals surface area contributed by atoms with E-state index in [2.05, 4.69) is 19.9 Å². The molecule has 148 valence electrons. The summed E-state index contributed by atoms with van der Waals surface area (Å²) in [5.41, 5.74) is 3.47. The predicted octanol–water partition coefficient (Wildman–Crippen LogP) is 3.41. The summed E-state index contributed by atoms with van der Waals surface area (Å²) in [5, 5.41) is 1.34. The number of thiophene rings is 1. The van der Waals surface area contributed by atoms with Crippen molar-refractivity contribution in [2.45, 2.75) is 52.3 Å². The average Bonchev–Trinajstić information content (AvgIpc) is 2.93. The van der Waals surface area contributed by atoms with Crippen molar-refractivity contribution in [2.75, 3.05) is 6.26 Å². The van der Waals surface area contributed by atoms with E-state index in [1.807, 2.05) is 34.0 Å². The van der Waals surface area contributed by atoms with Gasteiger partial charge in [-0.15, -0.1) is 11.3 Å². The van der Waals surface area contributed by atoms with E-state index in [0.717, 1.165) is 32.5 Å². The number of aromatic amines is 1. The minimum Gasteiger partial charge on any atom is -0.458 e. The van der Waals surface area contributed by atoms with Crippen molar-refractivity contribution in [3.8, 4) is 0 Å². The summed E-state index contributed by atoms with van der Waals surface area (Å²) in [6.45, 7) is 7.65. The van der Waals surface area contributed by atoms with Crippen LogP contribution in [0.3, 0.4) is 0 Å². The van der Waals surface area contributed by atoms with Crippen LogP contribution in [0.5, 0.6) is 0 Å². The summed E-state index contributed by atoms with van der Waals surface area (Å²) >= 11 is 2.96. The summed E-state index contributed by atoms with van der Waals surface area (Å²) in [4.78, 5) is 42.1. The van der Waals surface area contributed by atoms with Gasteiger partial charge in [0, 0.05) is 22.7 Å². The second kappa shape index (κ2) is 8.40. The van der Waals surface area contributed by atoms with Gasteiger partial charge in [0.1, 0.15) is 17.3 Å². The number of H-pyrrole nitrogens is 1. The Bertz CT molecular complexity index is 1080. The zero-order valence-electron chi connectivity index (χ0n) is 16.5. The summed E-state index contributed by atoms with van der Waals surface area (Å²) in [6.07, 6.45) is 2.66. The molecule has 28 heavy (non-hydrogen) atoms. The molecule has 0 atom stereocenters. The molecular weight excluding hydrogens is 396 g/mol. The van der Waals surface area contributed by atoms with Crippen molar-refractivity contribution in [1.29, 1.82) is 0 Å². The second-order valence-corrected chi connectivity index (χ2v) is 8.47. The monoisotopic (exact) mass is 418 g/mol. The predicted molar refractivity (Wildman–Crippen MR) is 111 cm³/mol. The van der Waals surface area contributed by atoms with Crippen LogP contribution in [-0.2, 0) is 22.6 Å². The molecule has 0 aliphatic heterocycles. The molecule has 3 rings (SSSR count). The number of fused-ring (bicyclic) bond motifs is 1. The Labute approximate surface area is 171 Å². The van der Waals surface area contributed by atoms with Gasteiger partial charge in [-0.2, -0.15) is 0 Å². The third-order valence-electron chi connectivity index (χ3n) is 4.62. The Hall–Kier alpha value is -2.26. The molecule has 0 saturated carbocycles. The molecule has 0 spiro atoms. The standard InChI is InChI=1S/C19H22N4O3S2/c1-9-12(4)28-18-16(9)17(25)22-14(23-18)8-26-15(24)7-6-13-10(2)20-19(27-5)21-11(13)3/h6-8H2,1-5H3,(H,22,23,25). The number of aromatic nitrogens is 4. The average molecular weight is 419 g/mol. The topological polar surface area (TPSA) is 97.8 Å². The number of thioether (sulfide) groups is 1. The van der Waals surface area contributed by atoms with Crippen molar-refractivity contribution in [3.63, 3.8) is 0 Å². The first-order valence-electron chi connectivity index (χ1n) is 8.82. The molecule has 0 bridgehead atoms. The molecule has 9 heteroatoms. The number of hydrogen-bond donors (Lipinski definition) is 1. The molecule has 1 N–H and O–H groups in total. The molecule has 0 aliphatic carbocycles. The van der Waals surface area contributed by atoms with Crippen LogP contribution in [0.2, 0.25) is 0 Å². The van der Waals surface area contributed by atoms with Gasteiger partial charge in [-0.3, -0.25) is 9.59 Å². The summed E-state index contributed by atoms with van der Waals surface area (Å²) in [6, 6.07) is 0. The number of nitrogens with one attached hydrogen (secondary N) is 1. The van der Waals surface area contributed by atoms with E-state index in [1.54, 1.807) is 0 Å². The lowest BCUT2D eigenvalue weighted by Crippen LogP contribution is -2.14. The Morgan fingerprint density at radius 2 is 1.82 bits per heavy atom. The van der Waals surface area contributed by atoms with Gasteiger partial charge in [-0.05, 0) is 51.5 Å². The number of rotatable bonds is 6. The van der Waals surface area contributed by atoms with Crippen LogP contribution in [0.4, 0.5) is 0 Å². The van der Waals surface area contributed by atoms with Crippen molar-refractivity contribution in [1.82, 2.24) is 19.9 Å². The summed E-state index contributed by atoms with van der Waals surface area (Å²) in [7, 11) is 0. The molecule has 0 amide bonds. The van der Waals surface area contributed by atoms with E-state index in [0.29, 0.717) is 22.5 Å². The number of ether oxygens (including phenoxy) is 1. The first kappa shape index (κ1) is 20.5. The molecule has 0 saturated heterocycles. The molecule has 0 fully saturated rings. The minimum atomic E-state index is -0.353. The van der Waals surface area contributed by atoms with E-state index in [4.69, 9.17) is 4.74 Å². The van der Waals surface area contributed by atoms with Crippen LogP contribution < -0.4 is 5.56 Å². The van der Waals surface area contributed by atoms with Crippen LogP contribution >= 0.6 is 23.1 Å². The molecule has 3 aromatic rings. The lowest BCUT2D eigenvalue weighted by Gasteiger charge is -2.10.